The molecule has 1 fully saturated rings. The van der Waals surface area contributed by atoms with E-state index >= 15 is 0 Å². The SMILES string of the molecule is CCOC1CC(NC(=O)Cc2coc(-c3ccc(F)cc3)n2)(C(=O)O)C1(C)C. The summed E-state index contributed by atoms with van der Waals surface area (Å²) in [6.07, 6.45) is 1.16. The topological polar surface area (TPSA) is 102 Å². The summed E-state index contributed by atoms with van der Waals surface area (Å²) in [7, 11) is 0. The summed E-state index contributed by atoms with van der Waals surface area (Å²) in [6.45, 7) is 5.86. The van der Waals surface area contributed by atoms with Gasteiger partial charge >= 0.3 is 5.97 Å². The van der Waals surface area contributed by atoms with Crippen LogP contribution < -0.4 is 5.32 Å². The third-order valence-electron chi connectivity index (χ3n) is 5.47. The standard InChI is InChI=1S/C20H23FN2O5/c1-4-27-15-10-20(18(25)26,19(15,2)3)23-16(24)9-14-11-28-17(22-14)12-5-7-13(21)8-6-12/h5-8,11,15H,4,9-10H2,1-3H3,(H,23,24)(H,25,26). The van der Waals surface area contributed by atoms with Gasteiger partial charge in [0.1, 0.15) is 17.6 Å². The summed E-state index contributed by atoms with van der Waals surface area (Å²) in [5.74, 6) is -1.67. The number of oxazole rings is 1. The van der Waals surface area contributed by atoms with Gasteiger partial charge in [0.05, 0.1) is 18.2 Å². The molecule has 150 valence electrons. The van der Waals surface area contributed by atoms with Gasteiger partial charge in [-0.1, -0.05) is 13.8 Å². The fourth-order valence-corrected chi connectivity index (χ4v) is 3.60. The van der Waals surface area contributed by atoms with E-state index in [1.54, 1.807) is 13.8 Å². The highest BCUT2D eigenvalue weighted by Crippen LogP contribution is 2.51. The zero-order chi connectivity index (χ0) is 20.5. The second kappa shape index (κ2) is 7.35. The lowest BCUT2D eigenvalue weighted by Crippen LogP contribution is -2.76. The molecule has 2 unspecified atom stereocenters. The molecule has 0 spiro atoms. The minimum Gasteiger partial charge on any atom is -0.479 e. The first-order valence-corrected chi connectivity index (χ1v) is 9.06. The average molecular weight is 390 g/mol. The van der Waals surface area contributed by atoms with Crippen LogP contribution in [0.15, 0.2) is 34.9 Å². The third kappa shape index (κ3) is 3.40. The number of rotatable bonds is 7. The van der Waals surface area contributed by atoms with Gasteiger partial charge in [0.25, 0.3) is 0 Å². The molecule has 8 heteroatoms. The van der Waals surface area contributed by atoms with Crippen LogP contribution in [0, 0.1) is 11.2 Å². The number of hydrogen-bond donors (Lipinski definition) is 2. The lowest BCUT2D eigenvalue weighted by Gasteiger charge is -2.58. The molecule has 2 atom stereocenters. The highest BCUT2D eigenvalue weighted by molar-refractivity contribution is 5.90. The van der Waals surface area contributed by atoms with E-state index in [0.717, 1.165) is 0 Å². The summed E-state index contributed by atoms with van der Waals surface area (Å²) in [5.41, 5.74) is -1.22. The Labute approximate surface area is 161 Å². The van der Waals surface area contributed by atoms with Crippen LogP contribution in [0.2, 0.25) is 0 Å². The largest absolute Gasteiger partial charge is 0.479 e. The van der Waals surface area contributed by atoms with Crippen LogP contribution in [-0.2, 0) is 20.7 Å². The molecule has 1 amide bonds. The molecule has 3 rings (SSSR count). The first-order valence-electron chi connectivity index (χ1n) is 9.06. The molecule has 28 heavy (non-hydrogen) atoms. The van der Waals surface area contributed by atoms with E-state index in [4.69, 9.17) is 9.15 Å². The molecule has 0 radical (unpaired) electrons. The molecule has 2 N–H and O–H groups in total. The number of amides is 1. The van der Waals surface area contributed by atoms with Crippen LogP contribution in [-0.4, -0.2) is 40.2 Å². The molecule has 1 aliphatic carbocycles. The Balaban J connectivity index is 1.70. The van der Waals surface area contributed by atoms with Gasteiger partial charge in [0.15, 0.2) is 0 Å². The van der Waals surface area contributed by atoms with Crippen molar-refractivity contribution < 1.29 is 28.2 Å². The Hall–Kier alpha value is -2.74. The number of aliphatic carboxylic acids is 1. The van der Waals surface area contributed by atoms with Gasteiger partial charge in [-0.15, -0.1) is 0 Å². The van der Waals surface area contributed by atoms with Gasteiger partial charge in [-0.25, -0.2) is 14.2 Å². The van der Waals surface area contributed by atoms with Gasteiger partial charge in [0.2, 0.25) is 11.8 Å². The van der Waals surface area contributed by atoms with E-state index in [9.17, 15) is 19.1 Å². The first-order chi connectivity index (χ1) is 13.2. The molecule has 0 bridgehead atoms. The predicted octanol–water partition coefficient (Wildman–Crippen LogP) is 2.80. The molecule has 1 aliphatic rings. The lowest BCUT2D eigenvalue weighted by atomic mass is 9.54. The van der Waals surface area contributed by atoms with Crippen molar-refractivity contribution in [1.82, 2.24) is 10.3 Å². The number of aromatic nitrogens is 1. The van der Waals surface area contributed by atoms with E-state index in [0.29, 0.717) is 17.9 Å². The van der Waals surface area contributed by atoms with Gasteiger partial charge in [-0.05, 0) is 31.2 Å². The summed E-state index contributed by atoms with van der Waals surface area (Å²) in [5, 5.41) is 12.4. The van der Waals surface area contributed by atoms with Crippen molar-refractivity contribution >= 4 is 11.9 Å². The number of nitrogens with one attached hydrogen (secondary N) is 1. The summed E-state index contributed by atoms with van der Waals surface area (Å²) >= 11 is 0. The molecule has 1 aromatic carbocycles. The molecule has 0 aliphatic heterocycles. The maximum atomic E-state index is 13.0. The van der Waals surface area contributed by atoms with E-state index in [-0.39, 0.29) is 30.7 Å². The highest BCUT2D eigenvalue weighted by atomic mass is 19.1. The van der Waals surface area contributed by atoms with Gasteiger partial charge < -0.3 is 19.6 Å². The van der Waals surface area contributed by atoms with Crippen molar-refractivity contribution in [2.24, 2.45) is 5.41 Å². The smallest absolute Gasteiger partial charge is 0.330 e. The number of benzene rings is 1. The summed E-state index contributed by atoms with van der Waals surface area (Å²) < 4.78 is 24.0. The van der Waals surface area contributed by atoms with Gasteiger partial charge in [-0.2, -0.15) is 0 Å². The van der Waals surface area contributed by atoms with Crippen molar-refractivity contribution in [1.29, 1.82) is 0 Å². The number of halogens is 1. The maximum absolute atomic E-state index is 13.0. The quantitative estimate of drug-likeness (QED) is 0.754. The molecule has 0 saturated heterocycles. The third-order valence-corrected chi connectivity index (χ3v) is 5.47. The minimum atomic E-state index is -1.40. The van der Waals surface area contributed by atoms with Crippen molar-refractivity contribution in [3.8, 4) is 11.5 Å². The number of carbonyl (C=O) groups is 2. The fraction of sp³-hybridized carbons (Fsp3) is 0.450. The molecule has 1 saturated carbocycles. The Kier molecular flexibility index (Phi) is 5.25. The second-order valence-electron chi connectivity index (χ2n) is 7.46. The Morgan fingerprint density at radius 3 is 2.61 bits per heavy atom. The molecule has 1 aromatic heterocycles. The molecular weight excluding hydrogens is 367 g/mol. The van der Waals surface area contributed by atoms with Gasteiger partial charge in [-0.3, -0.25) is 4.79 Å². The van der Waals surface area contributed by atoms with Crippen molar-refractivity contribution in [3.63, 3.8) is 0 Å². The Morgan fingerprint density at radius 2 is 2.04 bits per heavy atom. The van der Waals surface area contributed by atoms with E-state index in [1.807, 2.05) is 6.92 Å². The first kappa shape index (κ1) is 20.0. The van der Waals surface area contributed by atoms with Crippen LogP contribution in [0.25, 0.3) is 11.5 Å². The Morgan fingerprint density at radius 1 is 1.36 bits per heavy atom. The monoisotopic (exact) mass is 390 g/mol. The number of ether oxygens (including phenoxy) is 1. The number of carbonyl (C=O) groups excluding carboxylic acids is 1. The van der Waals surface area contributed by atoms with Crippen LogP contribution in [0.5, 0.6) is 0 Å². The van der Waals surface area contributed by atoms with Crippen molar-refractivity contribution in [2.75, 3.05) is 6.61 Å². The number of hydrogen-bond acceptors (Lipinski definition) is 5. The minimum absolute atomic E-state index is 0.130. The lowest BCUT2D eigenvalue weighted by molar-refractivity contribution is -0.194. The number of carboxylic acids is 1. The van der Waals surface area contributed by atoms with Crippen LogP contribution >= 0.6 is 0 Å². The summed E-state index contributed by atoms with van der Waals surface area (Å²) in [4.78, 5) is 28.7. The summed E-state index contributed by atoms with van der Waals surface area (Å²) in [6, 6.07) is 5.62. The zero-order valence-electron chi connectivity index (χ0n) is 16.0. The zero-order valence-corrected chi connectivity index (χ0v) is 16.0. The van der Waals surface area contributed by atoms with Gasteiger partial charge in [0, 0.05) is 24.0 Å². The molecule has 7 nitrogen and oxygen atoms in total. The molecular formula is C20H23FN2O5. The van der Waals surface area contributed by atoms with Crippen molar-refractivity contribution in [2.45, 2.75) is 45.3 Å². The molecule has 2 aromatic rings. The van der Waals surface area contributed by atoms with Crippen LogP contribution in [0.3, 0.4) is 0 Å². The normalized spacial score (nSPS) is 23.1. The van der Waals surface area contributed by atoms with Crippen molar-refractivity contribution in [3.05, 3.63) is 42.0 Å². The Bertz CT molecular complexity index is 877. The number of nitrogens with zero attached hydrogens (tertiary/aromatic N) is 1. The highest BCUT2D eigenvalue weighted by Gasteiger charge is 2.66. The van der Waals surface area contributed by atoms with E-state index in [1.165, 1.54) is 30.5 Å². The van der Waals surface area contributed by atoms with Crippen LogP contribution in [0.4, 0.5) is 4.39 Å². The van der Waals surface area contributed by atoms with E-state index < -0.39 is 22.8 Å². The van der Waals surface area contributed by atoms with Crippen LogP contribution in [0.1, 0.15) is 32.9 Å². The fourth-order valence-electron chi connectivity index (χ4n) is 3.60. The second-order valence-corrected chi connectivity index (χ2v) is 7.46. The van der Waals surface area contributed by atoms with E-state index in [2.05, 4.69) is 10.3 Å². The molecule has 1 heterocycles. The number of carboxylic acid groups (broad SMARTS) is 1. The average Bonchev–Trinajstić information content (AvgIpc) is 3.09. The predicted molar refractivity (Wildman–Crippen MR) is 97.9 cm³/mol. The maximum Gasteiger partial charge on any atom is 0.330 e.